The van der Waals surface area contributed by atoms with E-state index in [1.165, 1.54) is 0 Å². The summed E-state index contributed by atoms with van der Waals surface area (Å²) >= 11 is 0. The van der Waals surface area contributed by atoms with Crippen LogP contribution in [0.15, 0.2) is 6.33 Å². The molecule has 2 N–H and O–H groups in total. The highest BCUT2D eigenvalue weighted by Gasteiger charge is 2.15. The Morgan fingerprint density at radius 1 is 1.62 bits per heavy atom. The van der Waals surface area contributed by atoms with Crippen molar-refractivity contribution in [3.63, 3.8) is 0 Å². The highest BCUT2D eigenvalue weighted by Crippen LogP contribution is 2.13. The normalized spacial score (nSPS) is 11.9. The summed E-state index contributed by atoms with van der Waals surface area (Å²) in [5.74, 6) is 0.315. The van der Waals surface area contributed by atoms with Gasteiger partial charge in [-0.25, -0.2) is 4.98 Å². The van der Waals surface area contributed by atoms with Gasteiger partial charge in [-0.3, -0.25) is 4.68 Å². The van der Waals surface area contributed by atoms with Crippen LogP contribution in [0.1, 0.15) is 20.3 Å². The maximum Gasteiger partial charge on any atom is 0.239 e. The van der Waals surface area contributed by atoms with E-state index in [0.29, 0.717) is 5.95 Å². The van der Waals surface area contributed by atoms with E-state index in [-0.39, 0.29) is 5.60 Å². The molecule has 0 aliphatic heterocycles. The minimum absolute atomic E-state index is 0.124. The monoisotopic (exact) mass is 184 g/mol. The summed E-state index contributed by atoms with van der Waals surface area (Å²) < 4.78 is 6.99. The molecule has 0 saturated heterocycles. The van der Waals surface area contributed by atoms with E-state index in [1.54, 1.807) is 18.1 Å². The number of anilines is 1. The maximum absolute atomic E-state index is 5.38. The Labute approximate surface area is 77.9 Å². The molecule has 0 unspecified atom stereocenters. The zero-order chi connectivity index (χ0) is 9.90. The second kappa shape index (κ2) is 3.74. The number of aromatic nitrogens is 3. The standard InChI is InChI=1S/C8H16N4O/c1-8(2,13-3)4-5-12-6-10-7(9)11-12/h6H,4-5H2,1-3H3,(H2,9,11). The summed E-state index contributed by atoms with van der Waals surface area (Å²) in [5.41, 5.74) is 5.25. The van der Waals surface area contributed by atoms with E-state index in [4.69, 9.17) is 10.5 Å². The van der Waals surface area contributed by atoms with Crippen LogP contribution in [0, 0.1) is 0 Å². The quantitative estimate of drug-likeness (QED) is 0.747. The summed E-state index contributed by atoms with van der Waals surface area (Å²) in [6.45, 7) is 4.84. The van der Waals surface area contributed by atoms with Gasteiger partial charge in [0.1, 0.15) is 6.33 Å². The first-order valence-corrected chi connectivity index (χ1v) is 4.23. The Kier molecular flexibility index (Phi) is 2.87. The molecule has 5 heteroatoms. The third kappa shape index (κ3) is 3.02. The molecule has 1 aromatic rings. The third-order valence-corrected chi connectivity index (χ3v) is 2.05. The Balaban J connectivity index is 2.43. The molecule has 0 fully saturated rings. The van der Waals surface area contributed by atoms with Gasteiger partial charge in [-0.1, -0.05) is 0 Å². The molecule has 5 nitrogen and oxygen atoms in total. The summed E-state index contributed by atoms with van der Waals surface area (Å²) in [6.07, 6.45) is 2.51. The maximum atomic E-state index is 5.38. The van der Waals surface area contributed by atoms with Crippen LogP contribution in [0.4, 0.5) is 5.95 Å². The highest BCUT2D eigenvalue weighted by molar-refractivity contribution is 5.09. The third-order valence-electron chi connectivity index (χ3n) is 2.05. The van der Waals surface area contributed by atoms with Gasteiger partial charge in [-0.2, -0.15) is 0 Å². The number of hydrogen-bond acceptors (Lipinski definition) is 4. The van der Waals surface area contributed by atoms with Crippen molar-refractivity contribution in [1.29, 1.82) is 0 Å². The largest absolute Gasteiger partial charge is 0.379 e. The van der Waals surface area contributed by atoms with Crippen molar-refractivity contribution in [1.82, 2.24) is 14.8 Å². The molecule has 1 aromatic heterocycles. The van der Waals surface area contributed by atoms with Crippen molar-refractivity contribution in [3.8, 4) is 0 Å². The average molecular weight is 184 g/mol. The first-order valence-electron chi connectivity index (χ1n) is 4.23. The minimum Gasteiger partial charge on any atom is -0.379 e. The second-order valence-electron chi connectivity index (χ2n) is 3.58. The molecule has 0 aliphatic carbocycles. The van der Waals surface area contributed by atoms with Gasteiger partial charge in [-0.05, 0) is 20.3 Å². The molecular weight excluding hydrogens is 168 g/mol. The van der Waals surface area contributed by atoms with Crippen LogP contribution < -0.4 is 5.73 Å². The second-order valence-corrected chi connectivity index (χ2v) is 3.58. The van der Waals surface area contributed by atoms with Crippen LogP contribution in [-0.2, 0) is 11.3 Å². The first kappa shape index (κ1) is 9.98. The number of nitrogens with zero attached hydrogens (tertiary/aromatic N) is 3. The van der Waals surface area contributed by atoms with Crippen LogP contribution in [-0.4, -0.2) is 27.5 Å². The Hall–Kier alpha value is -1.10. The smallest absolute Gasteiger partial charge is 0.239 e. The molecule has 0 radical (unpaired) electrons. The van der Waals surface area contributed by atoms with Gasteiger partial charge >= 0.3 is 0 Å². The van der Waals surface area contributed by atoms with Crippen molar-refractivity contribution in [2.24, 2.45) is 0 Å². The molecule has 0 spiro atoms. The number of hydrogen-bond donors (Lipinski definition) is 1. The fourth-order valence-corrected chi connectivity index (χ4v) is 0.903. The van der Waals surface area contributed by atoms with Gasteiger partial charge in [-0.15, -0.1) is 5.10 Å². The van der Waals surface area contributed by atoms with Crippen LogP contribution in [0.5, 0.6) is 0 Å². The summed E-state index contributed by atoms with van der Waals surface area (Å²) in [4.78, 5) is 3.83. The molecule has 0 aromatic carbocycles. The lowest BCUT2D eigenvalue weighted by atomic mass is 10.1. The first-order chi connectivity index (χ1) is 6.03. The molecule has 74 valence electrons. The van der Waals surface area contributed by atoms with E-state index in [9.17, 15) is 0 Å². The molecular formula is C8H16N4O. The van der Waals surface area contributed by atoms with E-state index < -0.39 is 0 Å². The zero-order valence-electron chi connectivity index (χ0n) is 8.32. The number of ether oxygens (including phenoxy) is 1. The van der Waals surface area contributed by atoms with Crippen molar-refractivity contribution in [3.05, 3.63) is 6.33 Å². The molecule has 13 heavy (non-hydrogen) atoms. The fourth-order valence-electron chi connectivity index (χ4n) is 0.903. The van der Waals surface area contributed by atoms with Gasteiger partial charge in [0.15, 0.2) is 0 Å². The summed E-state index contributed by atoms with van der Waals surface area (Å²) in [5, 5.41) is 3.98. The predicted molar refractivity (Wildman–Crippen MR) is 50.1 cm³/mol. The van der Waals surface area contributed by atoms with Crippen LogP contribution in [0.3, 0.4) is 0 Å². The lowest BCUT2D eigenvalue weighted by Crippen LogP contribution is -2.24. The zero-order valence-corrected chi connectivity index (χ0v) is 8.32. The van der Waals surface area contributed by atoms with Gasteiger partial charge in [0, 0.05) is 13.7 Å². The predicted octanol–water partition coefficient (Wildman–Crippen LogP) is 0.675. The SMILES string of the molecule is COC(C)(C)CCn1cnc(N)n1. The number of nitrogens with two attached hydrogens (primary N) is 1. The number of aryl methyl sites for hydroxylation is 1. The summed E-state index contributed by atoms with van der Waals surface area (Å²) in [6, 6.07) is 0. The van der Waals surface area contributed by atoms with E-state index in [2.05, 4.69) is 10.1 Å². The van der Waals surface area contributed by atoms with Crippen LogP contribution in [0.2, 0.25) is 0 Å². The van der Waals surface area contributed by atoms with Crippen molar-refractivity contribution in [2.75, 3.05) is 12.8 Å². The van der Waals surface area contributed by atoms with E-state index >= 15 is 0 Å². The Bertz CT molecular complexity index is 269. The van der Waals surface area contributed by atoms with Gasteiger partial charge in [0.25, 0.3) is 0 Å². The van der Waals surface area contributed by atoms with Crippen LogP contribution >= 0.6 is 0 Å². The van der Waals surface area contributed by atoms with Crippen molar-refractivity contribution < 1.29 is 4.74 Å². The highest BCUT2D eigenvalue weighted by atomic mass is 16.5. The summed E-state index contributed by atoms with van der Waals surface area (Å²) in [7, 11) is 1.70. The Morgan fingerprint density at radius 2 is 2.31 bits per heavy atom. The molecule has 0 atom stereocenters. The van der Waals surface area contributed by atoms with Crippen molar-refractivity contribution in [2.45, 2.75) is 32.4 Å². The number of nitrogen functional groups attached to an aromatic ring is 1. The van der Waals surface area contributed by atoms with E-state index in [1.807, 2.05) is 13.8 Å². The fraction of sp³-hybridized carbons (Fsp3) is 0.750. The van der Waals surface area contributed by atoms with Gasteiger partial charge < -0.3 is 10.5 Å². The topological polar surface area (TPSA) is 66.0 Å². The number of methoxy groups -OCH3 is 1. The van der Waals surface area contributed by atoms with Gasteiger partial charge in [0.05, 0.1) is 5.60 Å². The lowest BCUT2D eigenvalue weighted by Gasteiger charge is -2.22. The Morgan fingerprint density at radius 3 is 2.77 bits per heavy atom. The average Bonchev–Trinajstić information content (AvgIpc) is 2.48. The minimum atomic E-state index is -0.124. The molecule has 1 heterocycles. The number of rotatable bonds is 4. The lowest BCUT2D eigenvalue weighted by molar-refractivity contribution is 0.0113. The molecule has 0 aliphatic rings. The molecule has 1 rings (SSSR count). The molecule has 0 saturated carbocycles. The van der Waals surface area contributed by atoms with E-state index in [0.717, 1.165) is 13.0 Å². The molecule has 0 amide bonds. The van der Waals surface area contributed by atoms with Crippen molar-refractivity contribution >= 4 is 5.95 Å². The van der Waals surface area contributed by atoms with Gasteiger partial charge in [0.2, 0.25) is 5.95 Å². The van der Waals surface area contributed by atoms with Crippen LogP contribution in [0.25, 0.3) is 0 Å². The molecule has 0 bridgehead atoms.